The lowest BCUT2D eigenvalue weighted by molar-refractivity contribution is -0.145. The lowest BCUT2D eigenvalue weighted by Crippen LogP contribution is -2.43. The van der Waals surface area contributed by atoms with Crippen molar-refractivity contribution >= 4 is 40.7 Å². The summed E-state index contributed by atoms with van der Waals surface area (Å²) in [5.41, 5.74) is 0. The summed E-state index contributed by atoms with van der Waals surface area (Å²) >= 11 is 0.237. The molecule has 106 valence electrons. The molecule has 9 nitrogen and oxygen atoms in total. The van der Waals surface area contributed by atoms with Crippen LogP contribution in [0.3, 0.4) is 0 Å². The van der Waals surface area contributed by atoms with Crippen molar-refractivity contribution in [3.63, 3.8) is 0 Å². The van der Waals surface area contributed by atoms with Crippen molar-refractivity contribution in [2.75, 3.05) is 5.75 Å². The summed E-state index contributed by atoms with van der Waals surface area (Å²) in [6.07, 6.45) is -0.865. The molecule has 4 N–H and O–H groups in total. The van der Waals surface area contributed by atoms with E-state index in [9.17, 15) is 24.0 Å². The zero-order chi connectivity index (χ0) is 15.0. The molecular weight excluding hydrogens is 282 g/mol. The Balaban J connectivity index is 4.30. The van der Waals surface area contributed by atoms with Crippen molar-refractivity contribution in [2.24, 2.45) is 0 Å². The second-order valence-electron chi connectivity index (χ2n) is 3.26. The molecule has 0 unspecified atom stereocenters. The van der Waals surface area contributed by atoms with Gasteiger partial charge in [-0.3, -0.25) is 14.4 Å². The SMILES string of the molecule is O=C(O)CCC(=O)N[C@@H](CSC(=O)C(=O)O)C(=O)O. The Labute approximate surface area is 111 Å². The van der Waals surface area contributed by atoms with Crippen LogP contribution in [0.5, 0.6) is 0 Å². The van der Waals surface area contributed by atoms with Crippen molar-refractivity contribution in [3.8, 4) is 0 Å². The molecule has 0 aromatic heterocycles. The molecule has 0 saturated heterocycles. The molecule has 0 aromatic rings. The summed E-state index contributed by atoms with van der Waals surface area (Å²) in [6.45, 7) is 0. The van der Waals surface area contributed by atoms with Gasteiger partial charge in [-0.25, -0.2) is 9.59 Å². The van der Waals surface area contributed by atoms with Gasteiger partial charge in [0.25, 0.3) is 5.12 Å². The van der Waals surface area contributed by atoms with Crippen molar-refractivity contribution in [1.82, 2.24) is 5.32 Å². The molecule has 0 aliphatic carbocycles. The molecule has 0 heterocycles. The molecule has 0 bridgehead atoms. The number of hydrogen-bond acceptors (Lipinski definition) is 6. The van der Waals surface area contributed by atoms with Crippen molar-refractivity contribution in [3.05, 3.63) is 0 Å². The first-order chi connectivity index (χ1) is 8.73. The molecule has 0 radical (unpaired) electrons. The highest BCUT2D eigenvalue weighted by Crippen LogP contribution is 2.05. The minimum absolute atomic E-state index is 0.237. The molecular formula is C9H11NO8S. The van der Waals surface area contributed by atoms with Gasteiger partial charge in [0.15, 0.2) is 0 Å². The number of amides is 1. The van der Waals surface area contributed by atoms with Gasteiger partial charge in [0.2, 0.25) is 5.91 Å². The maximum absolute atomic E-state index is 11.2. The second-order valence-corrected chi connectivity index (χ2v) is 4.25. The van der Waals surface area contributed by atoms with Gasteiger partial charge >= 0.3 is 17.9 Å². The molecule has 1 amide bonds. The molecule has 0 aliphatic heterocycles. The monoisotopic (exact) mass is 293 g/mol. The van der Waals surface area contributed by atoms with Crippen LogP contribution in [-0.2, 0) is 24.0 Å². The van der Waals surface area contributed by atoms with E-state index >= 15 is 0 Å². The molecule has 1 atom stereocenters. The highest BCUT2D eigenvalue weighted by Gasteiger charge is 2.23. The van der Waals surface area contributed by atoms with Crippen LogP contribution in [0.2, 0.25) is 0 Å². The lowest BCUT2D eigenvalue weighted by Gasteiger charge is -2.12. The fourth-order valence-corrected chi connectivity index (χ4v) is 1.55. The Bertz CT molecular complexity index is 407. The fraction of sp³-hybridized carbons (Fsp3) is 0.444. The predicted octanol–water partition coefficient (Wildman–Crippen LogP) is -1.23. The Morgan fingerprint density at radius 2 is 1.58 bits per heavy atom. The van der Waals surface area contributed by atoms with Gasteiger partial charge in [-0.1, -0.05) is 11.8 Å². The van der Waals surface area contributed by atoms with Crippen LogP contribution in [0.25, 0.3) is 0 Å². The normalized spacial score (nSPS) is 11.4. The molecule has 0 fully saturated rings. The zero-order valence-electron chi connectivity index (χ0n) is 9.49. The Morgan fingerprint density at radius 3 is 2.00 bits per heavy atom. The van der Waals surface area contributed by atoms with E-state index in [4.69, 9.17) is 15.3 Å². The number of carbonyl (C=O) groups excluding carboxylic acids is 2. The first kappa shape index (κ1) is 16.9. The van der Waals surface area contributed by atoms with E-state index in [0.717, 1.165) is 0 Å². The molecule has 0 aromatic carbocycles. The van der Waals surface area contributed by atoms with Gasteiger partial charge in [0.05, 0.1) is 6.42 Å². The average molecular weight is 293 g/mol. The number of rotatable bonds is 7. The van der Waals surface area contributed by atoms with E-state index in [2.05, 4.69) is 0 Å². The standard InChI is InChI=1S/C9H11NO8S/c11-5(1-2-6(12)13)10-4(7(14)15)3-19-9(18)8(16)17/h4H,1-3H2,(H,10,11)(H,12,13)(H,14,15)(H,16,17)/t4-/m0/s1. The Hall–Kier alpha value is -2.10. The maximum Gasteiger partial charge on any atom is 0.383 e. The number of carbonyl (C=O) groups is 5. The van der Waals surface area contributed by atoms with Crippen LogP contribution in [-0.4, -0.2) is 56.0 Å². The molecule has 0 spiro atoms. The van der Waals surface area contributed by atoms with E-state index in [1.807, 2.05) is 5.32 Å². The third kappa shape index (κ3) is 7.76. The minimum atomic E-state index is -1.72. The second kappa shape index (κ2) is 8.08. The van der Waals surface area contributed by atoms with Gasteiger partial charge in [-0.15, -0.1) is 0 Å². The average Bonchev–Trinajstić information content (AvgIpc) is 2.30. The number of carboxylic acid groups (broad SMARTS) is 3. The number of hydrogen-bond donors (Lipinski definition) is 4. The van der Waals surface area contributed by atoms with E-state index in [1.54, 1.807) is 0 Å². The van der Waals surface area contributed by atoms with E-state index in [-0.39, 0.29) is 11.8 Å². The number of nitrogens with one attached hydrogen (secondary N) is 1. The topological polar surface area (TPSA) is 158 Å². The molecule has 19 heavy (non-hydrogen) atoms. The largest absolute Gasteiger partial charge is 0.481 e. The Kier molecular flexibility index (Phi) is 7.19. The summed E-state index contributed by atoms with van der Waals surface area (Å²) < 4.78 is 0. The van der Waals surface area contributed by atoms with Crippen molar-refractivity contribution in [2.45, 2.75) is 18.9 Å². The van der Waals surface area contributed by atoms with Crippen molar-refractivity contribution < 1.29 is 39.3 Å². The third-order valence-corrected chi connectivity index (χ3v) is 2.69. The first-order valence-electron chi connectivity index (χ1n) is 4.88. The fourth-order valence-electron chi connectivity index (χ4n) is 0.882. The highest BCUT2D eigenvalue weighted by molar-refractivity contribution is 8.15. The van der Waals surface area contributed by atoms with Gasteiger partial charge in [0.1, 0.15) is 6.04 Å². The summed E-state index contributed by atoms with van der Waals surface area (Å²) in [4.78, 5) is 53.1. The lowest BCUT2D eigenvalue weighted by atomic mass is 10.2. The quantitative estimate of drug-likeness (QED) is 0.421. The minimum Gasteiger partial charge on any atom is -0.481 e. The van der Waals surface area contributed by atoms with Crippen LogP contribution in [0, 0.1) is 0 Å². The molecule has 0 aliphatic rings. The van der Waals surface area contributed by atoms with Crippen molar-refractivity contribution in [1.29, 1.82) is 0 Å². The first-order valence-corrected chi connectivity index (χ1v) is 5.86. The highest BCUT2D eigenvalue weighted by atomic mass is 32.2. The van der Waals surface area contributed by atoms with Crippen LogP contribution in [0.4, 0.5) is 0 Å². The summed E-state index contributed by atoms with van der Waals surface area (Å²) in [6, 6.07) is -1.46. The molecule has 10 heteroatoms. The summed E-state index contributed by atoms with van der Waals surface area (Å²) in [5, 5.41) is 26.1. The van der Waals surface area contributed by atoms with E-state index in [1.165, 1.54) is 0 Å². The summed E-state index contributed by atoms with van der Waals surface area (Å²) in [5.74, 6) is -5.64. The van der Waals surface area contributed by atoms with Crippen LogP contribution in [0.1, 0.15) is 12.8 Å². The van der Waals surface area contributed by atoms with Gasteiger partial charge in [-0.05, 0) is 0 Å². The molecule has 0 saturated carbocycles. The smallest absolute Gasteiger partial charge is 0.383 e. The maximum atomic E-state index is 11.2. The Morgan fingerprint density at radius 1 is 1.00 bits per heavy atom. The van der Waals surface area contributed by atoms with Crippen LogP contribution in [0.15, 0.2) is 0 Å². The van der Waals surface area contributed by atoms with Crippen LogP contribution < -0.4 is 5.32 Å². The van der Waals surface area contributed by atoms with E-state index in [0.29, 0.717) is 0 Å². The predicted molar refractivity (Wildman–Crippen MR) is 61.5 cm³/mol. The number of carboxylic acids is 3. The molecule has 0 rings (SSSR count). The third-order valence-electron chi connectivity index (χ3n) is 1.75. The van der Waals surface area contributed by atoms with Gasteiger partial charge in [-0.2, -0.15) is 0 Å². The summed E-state index contributed by atoms with van der Waals surface area (Å²) in [7, 11) is 0. The zero-order valence-corrected chi connectivity index (χ0v) is 10.3. The van der Waals surface area contributed by atoms with Crippen LogP contribution >= 0.6 is 11.8 Å². The van der Waals surface area contributed by atoms with E-state index < -0.39 is 53.6 Å². The number of aliphatic carboxylic acids is 3. The van der Waals surface area contributed by atoms with Gasteiger partial charge in [0, 0.05) is 12.2 Å². The number of thioether (sulfide) groups is 1. The van der Waals surface area contributed by atoms with Gasteiger partial charge < -0.3 is 20.6 Å².